The second kappa shape index (κ2) is 8.58. The van der Waals surface area contributed by atoms with Crippen LogP contribution >= 0.6 is 0 Å². The van der Waals surface area contributed by atoms with E-state index >= 15 is 0 Å². The summed E-state index contributed by atoms with van der Waals surface area (Å²) in [6, 6.07) is 8.93. The van der Waals surface area contributed by atoms with Gasteiger partial charge in [0.1, 0.15) is 6.04 Å². The van der Waals surface area contributed by atoms with E-state index in [4.69, 9.17) is 0 Å². The molecule has 0 spiro atoms. The number of hydrogen-bond donors (Lipinski definition) is 2. The van der Waals surface area contributed by atoms with Gasteiger partial charge in [-0.3, -0.25) is 24.1 Å². The first kappa shape index (κ1) is 22.0. The number of carbonyl (C=O) groups excluding carboxylic acids is 4. The lowest BCUT2D eigenvalue weighted by molar-refractivity contribution is -0.137. The predicted octanol–water partition coefficient (Wildman–Crippen LogP) is 2.24. The second-order valence-electron chi connectivity index (χ2n) is 6.82. The minimum atomic E-state index is -4.49. The number of halogens is 3. The summed E-state index contributed by atoms with van der Waals surface area (Å²) in [4.78, 5) is 50.0. The van der Waals surface area contributed by atoms with E-state index in [0.29, 0.717) is 0 Å². The van der Waals surface area contributed by atoms with E-state index in [1.807, 2.05) is 0 Å². The van der Waals surface area contributed by atoms with Crippen molar-refractivity contribution in [2.24, 2.45) is 0 Å². The van der Waals surface area contributed by atoms with Gasteiger partial charge in [-0.15, -0.1) is 0 Å². The average Bonchev–Trinajstić information content (AvgIpc) is 3.00. The molecule has 0 aliphatic carbocycles. The van der Waals surface area contributed by atoms with Gasteiger partial charge in [-0.2, -0.15) is 13.2 Å². The Morgan fingerprint density at radius 2 is 1.42 bits per heavy atom. The monoisotopic (exact) mass is 433 g/mol. The van der Waals surface area contributed by atoms with Crippen LogP contribution < -0.4 is 10.6 Å². The molecule has 1 aliphatic rings. The molecule has 3 rings (SSSR count). The molecule has 0 radical (unpaired) electrons. The highest BCUT2D eigenvalue weighted by atomic mass is 19.4. The van der Waals surface area contributed by atoms with Crippen molar-refractivity contribution in [2.45, 2.75) is 19.1 Å². The van der Waals surface area contributed by atoms with Crippen LogP contribution in [0.3, 0.4) is 0 Å². The van der Waals surface area contributed by atoms with Crippen molar-refractivity contribution in [1.82, 2.24) is 15.5 Å². The lowest BCUT2D eigenvalue weighted by Gasteiger charge is -2.21. The third-order valence-electron chi connectivity index (χ3n) is 4.78. The maximum atomic E-state index is 12.6. The highest BCUT2D eigenvalue weighted by Gasteiger charge is 2.40. The fourth-order valence-corrected chi connectivity index (χ4v) is 3.10. The minimum Gasteiger partial charge on any atom is -0.353 e. The van der Waals surface area contributed by atoms with Gasteiger partial charge in [-0.25, -0.2) is 0 Å². The van der Waals surface area contributed by atoms with E-state index < -0.39 is 41.4 Å². The Hall–Kier alpha value is -3.69. The maximum Gasteiger partial charge on any atom is 0.416 e. The Balaban J connectivity index is 1.49. The molecule has 0 fully saturated rings. The summed E-state index contributed by atoms with van der Waals surface area (Å²) in [5.41, 5.74) is -0.357. The number of amides is 4. The van der Waals surface area contributed by atoms with Crippen molar-refractivity contribution in [2.75, 3.05) is 13.1 Å². The standard InChI is InChI=1S/C21H18F3N3O4/c1-12(27-19(30)15-4-2-3-5-16(15)20(27)31)17(28)25-10-11-26-18(29)13-6-8-14(9-7-13)21(22,23)24/h2-9,12H,10-11H2,1H3,(H,25,28)(H,26,29). The number of benzene rings is 2. The molecule has 0 bridgehead atoms. The number of carbonyl (C=O) groups is 4. The lowest BCUT2D eigenvalue weighted by atomic mass is 10.1. The third kappa shape index (κ3) is 4.57. The van der Waals surface area contributed by atoms with Crippen LogP contribution in [0.2, 0.25) is 0 Å². The predicted molar refractivity (Wildman–Crippen MR) is 103 cm³/mol. The van der Waals surface area contributed by atoms with Crippen LogP contribution in [0.4, 0.5) is 13.2 Å². The number of hydrogen-bond acceptors (Lipinski definition) is 4. The average molecular weight is 433 g/mol. The Morgan fingerprint density at radius 1 is 0.903 bits per heavy atom. The van der Waals surface area contributed by atoms with Gasteiger partial charge in [0.05, 0.1) is 16.7 Å². The van der Waals surface area contributed by atoms with Gasteiger partial charge in [-0.05, 0) is 43.3 Å². The van der Waals surface area contributed by atoms with Gasteiger partial charge in [0.2, 0.25) is 5.91 Å². The Kier molecular flexibility index (Phi) is 6.09. The van der Waals surface area contributed by atoms with Gasteiger partial charge >= 0.3 is 6.18 Å². The van der Waals surface area contributed by atoms with Gasteiger partial charge in [0.25, 0.3) is 17.7 Å². The molecule has 4 amide bonds. The van der Waals surface area contributed by atoms with Crippen LogP contribution in [-0.2, 0) is 11.0 Å². The summed E-state index contributed by atoms with van der Waals surface area (Å²) in [5.74, 6) is -2.30. The zero-order valence-electron chi connectivity index (χ0n) is 16.3. The van der Waals surface area contributed by atoms with Crippen molar-refractivity contribution in [3.63, 3.8) is 0 Å². The highest BCUT2D eigenvalue weighted by Crippen LogP contribution is 2.29. The zero-order chi connectivity index (χ0) is 22.8. The number of alkyl halides is 3. The molecule has 2 aromatic carbocycles. The molecule has 1 atom stereocenters. The minimum absolute atomic E-state index is 0.000431. The molecule has 7 nitrogen and oxygen atoms in total. The van der Waals surface area contributed by atoms with Gasteiger partial charge in [-0.1, -0.05) is 12.1 Å². The molecule has 0 saturated heterocycles. The van der Waals surface area contributed by atoms with Crippen molar-refractivity contribution in [1.29, 1.82) is 0 Å². The van der Waals surface area contributed by atoms with E-state index in [2.05, 4.69) is 10.6 Å². The van der Waals surface area contributed by atoms with E-state index in [1.54, 1.807) is 12.1 Å². The first-order valence-electron chi connectivity index (χ1n) is 9.31. The van der Waals surface area contributed by atoms with Gasteiger partial charge in [0.15, 0.2) is 0 Å². The fourth-order valence-electron chi connectivity index (χ4n) is 3.10. The van der Waals surface area contributed by atoms with Crippen LogP contribution in [0, 0.1) is 0 Å². The summed E-state index contributed by atoms with van der Waals surface area (Å²) in [6.45, 7) is 1.41. The van der Waals surface area contributed by atoms with Crippen LogP contribution in [0.5, 0.6) is 0 Å². The van der Waals surface area contributed by atoms with E-state index in [1.165, 1.54) is 19.1 Å². The highest BCUT2D eigenvalue weighted by molar-refractivity contribution is 6.22. The molecule has 31 heavy (non-hydrogen) atoms. The largest absolute Gasteiger partial charge is 0.416 e. The summed E-state index contributed by atoms with van der Waals surface area (Å²) in [5, 5.41) is 4.98. The molecule has 162 valence electrons. The van der Waals surface area contributed by atoms with Gasteiger partial charge in [0, 0.05) is 18.7 Å². The zero-order valence-corrected chi connectivity index (χ0v) is 16.3. The molecular formula is C21H18F3N3O4. The molecule has 10 heteroatoms. The third-order valence-corrected chi connectivity index (χ3v) is 4.78. The van der Waals surface area contributed by atoms with E-state index in [0.717, 1.165) is 29.2 Å². The normalized spacial score (nSPS) is 14.3. The summed E-state index contributed by atoms with van der Waals surface area (Å²) < 4.78 is 37.7. The van der Waals surface area contributed by atoms with Crippen LogP contribution in [0.15, 0.2) is 48.5 Å². The number of imide groups is 1. The number of nitrogens with one attached hydrogen (secondary N) is 2. The first-order chi connectivity index (χ1) is 14.6. The van der Waals surface area contributed by atoms with Gasteiger partial charge < -0.3 is 10.6 Å². The van der Waals surface area contributed by atoms with E-state index in [9.17, 15) is 32.3 Å². The smallest absolute Gasteiger partial charge is 0.353 e. The fraction of sp³-hybridized carbons (Fsp3) is 0.238. The Morgan fingerprint density at radius 3 is 1.94 bits per heavy atom. The van der Waals surface area contributed by atoms with Crippen LogP contribution in [0.1, 0.15) is 43.6 Å². The summed E-state index contributed by atoms with van der Waals surface area (Å²) >= 11 is 0. The molecular weight excluding hydrogens is 415 g/mol. The maximum absolute atomic E-state index is 12.6. The Labute approximate surface area is 175 Å². The van der Waals surface area contributed by atoms with E-state index in [-0.39, 0.29) is 29.8 Å². The lowest BCUT2D eigenvalue weighted by Crippen LogP contribution is -2.49. The van der Waals surface area contributed by atoms with Crippen molar-refractivity contribution in [3.05, 3.63) is 70.8 Å². The molecule has 2 N–H and O–H groups in total. The molecule has 1 aliphatic heterocycles. The quantitative estimate of drug-likeness (QED) is 0.540. The Bertz CT molecular complexity index is 1000. The number of fused-ring (bicyclic) bond motifs is 1. The second-order valence-corrected chi connectivity index (χ2v) is 6.82. The molecule has 1 unspecified atom stereocenters. The molecule has 0 aromatic heterocycles. The van der Waals surface area contributed by atoms with Crippen LogP contribution in [-0.4, -0.2) is 47.7 Å². The molecule has 1 heterocycles. The van der Waals surface area contributed by atoms with Crippen molar-refractivity contribution < 1.29 is 32.3 Å². The SMILES string of the molecule is CC(C(=O)NCCNC(=O)c1ccc(C(F)(F)F)cc1)N1C(=O)c2ccccc2C1=O. The topological polar surface area (TPSA) is 95.6 Å². The molecule has 0 saturated carbocycles. The molecule has 2 aromatic rings. The van der Waals surface area contributed by atoms with Crippen LogP contribution in [0.25, 0.3) is 0 Å². The first-order valence-corrected chi connectivity index (χ1v) is 9.31. The number of rotatable bonds is 6. The number of nitrogens with zero attached hydrogens (tertiary/aromatic N) is 1. The summed E-state index contributed by atoms with van der Waals surface area (Å²) in [6.07, 6.45) is -4.49. The van der Waals surface area contributed by atoms with Crippen molar-refractivity contribution in [3.8, 4) is 0 Å². The van der Waals surface area contributed by atoms with Crippen molar-refractivity contribution >= 4 is 23.6 Å². The summed E-state index contributed by atoms with van der Waals surface area (Å²) in [7, 11) is 0.